The van der Waals surface area contributed by atoms with Gasteiger partial charge in [-0.15, -0.1) is 0 Å². The Morgan fingerprint density at radius 3 is 2.63 bits per heavy atom. The molecule has 5 heteroatoms. The van der Waals surface area contributed by atoms with Crippen LogP contribution in [-0.2, 0) is 4.74 Å². The van der Waals surface area contributed by atoms with E-state index in [2.05, 4.69) is 4.90 Å². The molecule has 0 spiro atoms. The molecule has 0 aromatic heterocycles. The van der Waals surface area contributed by atoms with Gasteiger partial charge in [0.05, 0.1) is 16.6 Å². The van der Waals surface area contributed by atoms with Crippen LogP contribution >= 0.6 is 23.2 Å². The Hall–Kier alpha value is -0.610. The van der Waals surface area contributed by atoms with Gasteiger partial charge in [-0.1, -0.05) is 23.2 Å². The Kier molecular flexibility index (Phi) is 5.22. The second-order valence-electron chi connectivity index (χ2n) is 4.81. The summed E-state index contributed by atoms with van der Waals surface area (Å²) in [6.07, 6.45) is 1.95. The molecule has 0 N–H and O–H groups in total. The highest BCUT2D eigenvalue weighted by Gasteiger charge is 2.20. The van der Waals surface area contributed by atoms with Crippen molar-refractivity contribution in [2.75, 3.05) is 26.8 Å². The molecule has 1 aromatic carbocycles. The molecule has 0 amide bonds. The SMILES string of the molecule is CN(CC(=O)c1ccc(Cl)c(Cl)c1)C1CCOCC1. The van der Waals surface area contributed by atoms with Crippen LogP contribution in [0.25, 0.3) is 0 Å². The maximum atomic E-state index is 12.2. The average molecular weight is 302 g/mol. The van der Waals surface area contributed by atoms with Gasteiger partial charge in [0.1, 0.15) is 0 Å². The Labute approximate surface area is 123 Å². The zero-order valence-corrected chi connectivity index (χ0v) is 12.4. The smallest absolute Gasteiger partial charge is 0.176 e. The molecule has 1 fully saturated rings. The van der Waals surface area contributed by atoms with Crippen LogP contribution in [0.5, 0.6) is 0 Å². The van der Waals surface area contributed by atoms with Crippen molar-refractivity contribution in [3.8, 4) is 0 Å². The lowest BCUT2D eigenvalue weighted by molar-refractivity contribution is 0.0418. The van der Waals surface area contributed by atoms with Gasteiger partial charge in [-0.25, -0.2) is 0 Å². The monoisotopic (exact) mass is 301 g/mol. The zero-order chi connectivity index (χ0) is 13.8. The minimum atomic E-state index is 0.0626. The van der Waals surface area contributed by atoms with Gasteiger partial charge >= 0.3 is 0 Å². The highest BCUT2D eigenvalue weighted by atomic mass is 35.5. The summed E-state index contributed by atoms with van der Waals surface area (Å²) >= 11 is 11.8. The van der Waals surface area contributed by atoms with Crippen LogP contribution in [-0.4, -0.2) is 43.5 Å². The summed E-state index contributed by atoms with van der Waals surface area (Å²) in [5, 5.41) is 0.886. The molecule has 0 aliphatic carbocycles. The summed E-state index contributed by atoms with van der Waals surface area (Å²) in [6.45, 7) is 1.94. The van der Waals surface area contributed by atoms with Gasteiger partial charge in [0.25, 0.3) is 0 Å². The second-order valence-corrected chi connectivity index (χ2v) is 5.63. The summed E-state index contributed by atoms with van der Waals surface area (Å²) in [5.74, 6) is 0.0626. The van der Waals surface area contributed by atoms with Gasteiger partial charge in [-0.05, 0) is 38.1 Å². The molecular weight excluding hydrogens is 285 g/mol. The van der Waals surface area contributed by atoms with E-state index in [0.717, 1.165) is 26.1 Å². The zero-order valence-electron chi connectivity index (χ0n) is 10.9. The summed E-state index contributed by atoms with van der Waals surface area (Å²) in [7, 11) is 1.98. The van der Waals surface area contributed by atoms with Crippen LogP contribution in [0.15, 0.2) is 18.2 Å². The van der Waals surface area contributed by atoms with Crippen molar-refractivity contribution in [1.29, 1.82) is 0 Å². The van der Waals surface area contributed by atoms with Gasteiger partial charge in [0.15, 0.2) is 5.78 Å². The topological polar surface area (TPSA) is 29.5 Å². The molecule has 0 radical (unpaired) electrons. The molecule has 0 saturated carbocycles. The van der Waals surface area contributed by atoms with Crippen LogP contribution in [0, 0.1) is 0 Å². The van der Waals surface area contributed by atoms with E-state index < -0.39 is 0 Å². The first-order valence-corrected chi connectivity index (χ1v) is 7.10. The van der Waals surface area contributed by atoms with E-state index in [1.54, 1.807) is 18.2 Å². The van der Waals surface area contributed by atoms with Crippen molar-refractivity contribution in [3.63, 3.8) is 0 Å². The van der Waals surface area contributed by atoms with Crippen molar-refractivity contribution >= 4 is 29.0 Å². The van der Waals surface area contributed by atoms with Crippen molar-refractivity contribution < 1.29 is 9.53 Å². The average Bonchev–Trinajstić information content (AvgIpc) is 2.42. The number of benzene rings is 1. The lowest BCUT2D eigenvalue weighted by atomic mass is 10.1. The molecule has 1 aliphatic heterocycles. The molecule has 0 bridgehead atoms. The highest BCUT2D eigenvalue weighted by molar-refractivity contribution is 6.42. The number of rotatable bonds is 4. The van der Waals surface area contributed by atoms with Crippen molar-refractivity contribution in [2.24, 2.45) is 0 Å². The van der Waals surface area contributed by atoms with Gasteiger partial charge in [0.2, 0.25) is 0 Å². The molecule has 1 aliphatic rings. The summed E-state index contributed by atoms with van der Waals surface area (Å²) < 4.78 is 5.32. The van der Waals surface area contributed by atoms with Gasteiger partial charge in [-0.2, -0.15) is 0 Å². The van der Waals surface area contributed by atoms with Gasteiger partial charge < -0.3 is 4.74 Å². The fourth-order valence-electron chi connectivity index (χ4n) is 2.24. The molecule has 1 heterocycles. The van der Waals surface area contributed by atoms with Crippen LogP contribution in [0.4, 0.5) is 0 Å². The fourth-order valence-corrected chi connectivity index (χ4v) is 2.54. The van der Waals surface area contributed by atoms with E-state index in [4.69, 9.17) is 27.9 Å². The lowest BCUT2D eigenvalue weighted by Crippen LogP contribution is -2.39. The van der Waals surface area contributed by atoms with E-state index in [0.29, 0.717) is 28.2 Å². The van der Waals surface area contributed by atoms with Gasteiger partial charge in [-0.3, -0.25) is 9.69 Å². The molecule has 1 aromatic rings. The van der Waals surface area contributed by atoms with E-state index in [1.165, 1.54) is 0 Å². The van der Waals surface area contributed by atoms with Crippen LogP contribution in [0.3, 0.4) is 0 Å². The number of carbonyl (C=O) groups is 1. The van der Waals surface area contributed by atoms with Gasteiger partial charge in [0, 0.05) is 24.8 Å². The van der Waals surface area contributed by atoms with Crippen molar-refractivity contribution in [3.05, 3.63) is 33.8 Å². The number of hydrogen-bond donors (Lipinski definition) is 0. The fraction of sp³-hybridized carbons (Fsp3) is 0.500. The first-order valence-electron chi connectivity index (χ1n) is 6.34. The molecule has 104 valence electrons. The number of halogens is 2. The quantitative estimate of drug-likeness (QED) is 0.799. The van der Waals surface area contributed by atoms with E-state index in [-0.39, 0.29) is 5.78 Å². The first-order chi connectivity index (χ1) is 9.08. The van der Waals surface area contributed by atoms with Crippen LogP contribution < -0.4 is 0 Å². The predicted molar refractivity (Wildman–Crippen MR) is 77.3 cm³/mol. The van der Waals surface area contributed by atoms with E-state index in [1.807, 2.05) is 7.05 Å². The van der Waals surface area contributed by atoms with Crippen LogP contribution in [0.1, 0.15) is 23.2 Å². The summed E-state index contributed by atoms with van der Waals surface area (Å²) in [5.41, 5.74) is 0.605. The molecule has 0 unspecified atom stereocenters. The number of likely N-dealkylation sites (N-methyl/N-ethyl adjacent to an activating group) is 1. The number of Topliss-reactive ketones (excluding diaryl/α,β-unsaturated/α-hetero) is 1. The third-order valence-electron chi connectivity index (χ3n) is 3.45. The predicted octanol–water partition coefficient (Wildman–Crippen LogP) is 3.29. The number of carbonyl (C=O) groups excluding carboxylic acids is 1. The Balaban J connectivity index is 1.97. The molecule has 19 heavy (non-hydrogen) atoms. The highest BCUT2D eigenvalue weighted by Crippen LogP contribution is 2.23. The van der Waals surface area contributed by atoms with E-state index >= 15 is 0 Å². The Morgan fingerprint density at radius 1 is 1.32 bits per heavy atom. The third kappa shape index (κ3) is 3.93. The summed E-state index contributed by atoms with van der Waals surface area (Å²) in [4.78, 5) is 14.3. The lowest BCUT2D eigenvalue weighted by Gasteiger charge is -2.30. The molecule has 3 nitrogen and oxygen atoms in total. The standard InChI is InChI=1S/C14H17Cl2NO2/c1-17(11-4-6-19-7-5-11)9-14(18)10-2-3-12(15)13(16)8-10/h2-3,8,11H,4-7,9H2,1H3. The number of nitrogens with zero attached hydrogens (tertiary/aromatic N) is 1. The molecule has 0 atom stereocenters. The summed E-state index contributed by atoms with van der Waals surface area (Å²) in [6, 6.07) is 5.42. The third-order valence-corrected chi connectivity index (χ3v) is 4.19. The Morgan fingerprint density at radius 2 is 2.00 bits per heavy atom. The Bertz CT molecular complexity index is 459. The first kappa shape index (κ1) is 14.8. The minimum Gasteiger partial charge on any atom is -0.381 e. The van der Waals surface area contributed by atoms with E-state index in [9.17, 15) is 4.79 Å². The molecule has 2 rings (SSSR count). The number of ether oxygens (including phenoxy) is 1. The normalized spacial score (nSPS) is 16.8. The second kappa shape index (κ2) is 6.71. The number of hydrogen-bond acceptors (Lipinski definition) is 3. The maximum absolute atomic E-state index is 12.2. The van der Waals surface area contributed by atoms with Crippen LogP contribution in [0.2, 0.25) is 10.0 Å². The number of ketones is 1. The minimum absolute atomic E-state index is 0.0626. The maximum Gasteiger partial charge on any atom is 0.176 e. The van der Waals surface area contributed by atoms with Crippen molar-refractivity contribution in [2.45, 2.75) is 18.9 Å². The molecule has 1 saturated heterocycles. The van der Waals surface area contributed by atoms with Crippen molar-refractivity contribution in [1.82, 2.24) is 4.90 Å². The molecular formula is C14H17Cl2NO2. The largest absolute Gasteiger partial charge is 0.381 e.